The number of carboxylic acids is 1. The van der Waals surface area contributed by atoms with E-state index in [1.54, 1.807) is 12.1 Å². The highest BCUT2D eigenvalue weighted by Gasteiger charge is 2.26. The summed E-state index contributed by atoms with van der Waals surface area (Å²) in [5.41, 5.74) is 0.703. The minimum atomic E-state index is -1.01. The molecule has 0 saturated heterocycles. The molecule has 0 amide bonds. The molecule has 1 N–H and O–H groups in total. The molecular weight excluding hydrogens is 244 g/mol. The molecular formula is C14H14N2O3. The molecule has 0 radical (unpaired) electrons. The van der Waals surface area contributed by atoms with Gasteiger partial charge in [-0.2, -0.15) is 0 Å². The van der Waals surface area contributed by atoms with Crippen LogP contribution in [0, 0.1) is 0 Å². The third kappa shape index (κ3) is 2.01. The van der Waals surface area contributed by atoms with Crippen molar-refractivity contribution < 1.29 is 14.7 Å². The normalized spacial score (nSPS) is 16.9. The van der Waals surface area contributed by atoms with Crippen LogP contribution in [0.15, 0.2) is 24.4 Å². The van der Waals surface area contributed by atoms with Crippen molar-refractivity contribution in [3.8, 4) is 0 Å². The Morgan fingerprint density at radius 1 is 1.32 bits per heavy atom. The number of aromatic carboxylic acids is 1. The van der Waals surface area contributed by atoms with E-state index in [0.29, 0.717) is 18.4 Å². The first-order valence-electron chi connectivity index (χ1n) is 6.39. The predicted molar refractivity (Wildman–Crippen MR) is 68.4 cm³/mol. The standard InChI is InChI=1S/C14H14N2O3/c17-10-6-4-9(5-7-10)13-15-12(14(18)19)11-3-1-2-8-16(11)13/h1-3,8-9H,4-7H2,(H,18,19). The second-order valence-corrected chi connectivity index (χ2v) is 4.89. The lowest BCUT2D eigenvalue weighted by molar-refractivity contribution is -0.120. The quantitative estimate of drug-likeness (QED) is 0.896. The van der Waals surface area contributed by atoms with Crippen molar-refractivity contribution in [3.63, 3.8) is 0 Å². The summed E-state index contributed by atoms with van der Waals surface area (Å²) in [6.45, 7) is 0. The summed E-state index contributed by atoms with van der Waals surface area (Å²) < 4.78 is 1.84. The number of imidazole rings is 1. The van der Waals surface area contributed by atoms with E-state index in [0.717, 1.165) is 18.7 Å². The molecule has 2 heterocycles. The number of pyridine rings is 1. The molecule has 1 aliphatic rings. The van der Waals surface area contributed by atoms with E-state index in [-0.39, 0.29) is 17.4 Å². The van der Waals surface area contributed by atoms with Crippen LogP contribution in [-0.4, -0.2) is 26.2 Å². The van der Waals surface area contributed by atoms with Crippen LogP contribution < -0.4 is 0 Å². The van der Waals surface area contributed by atoms with Crippen LogP contribution in [0.5, 0.6) is 0 Å². The highest BCUT2D eigenvalue weighted by atomic mass is 16.4. The van der Waals surface area contributed by atoms with E-state index < -0.39 is 5.97 Å². The summed E-state index contributed by atoms with van der Waals surface area (Å²) in [5, 5.41) is 9.21. The monoisotopic (exact) mass is 258 g/mol. The topological polar surface area (TPSA) is 71.7 Å². The van der Waals surface area contributed by atoms with E-state index in [2.05, 4.69) is 4.98 Å². The van der Waals surface area contributed by atoms with Crippen LogP contribution in [0.4, 0.5) is 0 Å². The summed E-state index contributed by atoms with van der Waals surface area (Å²) in [5.74, 6) is 0.207. The van der Waals surface area contributed by atoms with Gasteiger partial charge in [-0.1, -0.05) is 6.07 Å². The highest BCUT2D eigenvalue weighted by Crippen LogP contribution is 2.31. The van der Waals surface area contributed by atoms with E-state index in [1.807, 2.05) is 16.7 Å². The fourth-order valence-electron chi connectivity index (χ4n) is 2.70. The molecule has 1 fully saturated rings. The molecule has 0 aliphatic heterocycles. The van der Waals surface area contributed by atoms with E-state index in [9.17, 15) is 14.7 Å². The minimum Gasteiger partial charge on any atom is -0.476 e. The predicted octanol–water partition coefficient (Wildman–Crippen LogP) is 2.26. The van der Waals surface area contributed by atoms with Crippen molar-refractivity contribution in [2.75, 3.05) is 0 Å². The molecule has 5 heteroatoms. The van der Waals surface area contributed by atoms with Gasteiger partial charge >= 0.3 is 5.97 Å². The number of carbonyl (C=O) groups excluding carboxylic acids is 1. The number of ketones is 1. The number of aromatic nitrogens is 2. The lowest BCUT2D eigenvalue weighted by Crippen LogP contribution is -2.14. The number of hydrogen-bond acceptors (Lipinski definition) is 3. The maximum absolute atomic E-state index is 11.3. The zero-order valence-corrected chi connectivity index (χ0v) is 10.4. The van der Waals surface area contributed by atoms with Crippen LogP contribution >= 0.6 is 0 Å². The Kier molecular flexibility index (Phi) is 2.81. The Bertz CT molecular complexity index is 650. The average Bonchev–Trinajstić information content (AvgIpc) is 2.79. The molecule has 0 atom stereocenters. The van der Waals surface area contributed by atoms with Crippen molar-refractivity contribution in [1.82, 2.24) is 9.38 Å². The van der Waals surface area contributed by atoms with Gasteiger partial charge in [0, 0.05) is 25.0 Å². The Morgan fingerprint density at radius 2 is 2.05 bits per heavy atom. The summed E-state index contributed by atoms with van der Waals surface area (Å²) in [7, 11) is 0. The van der Waals surface area contributed by atoms with Gasteiger partial charge in [-0.3, -0.25) is 4.79 Å². The fourth-order valence-corrected chi connectivity index (χ4v) is 2.70. The average molecular weight is 258 g/mol. The molecule has 98 valence electrons. The lowest BCUT2D eigenvalue weighted by Gasteiger charge is -2.19. The number of Topliss-reactive ketones (excluding diaryl/α,β-unsaturated/α-hetero) is 1. The molecule has 0 unspecified atom stereocenters. The lowest BCUT2D eigenvalue weighted by atomic mass is 9.88. The number of carbonyl (C=O) groups is 2. The zero-order valence-electron chi connectivity index (χ0n) is 10.4. The van der Waals surface area contributed by atoms with Crippen molar-refractivity contribution in [2.45, 2.75) is 31.6 Å². The van der Waals surface area contributed by atoms with E-state index >= 15 is 0 Å². The van der Waals surface area contributed by atoms with E-state index in [1.165, 1.54) is 0 Å². The van der Waals surface area contributed by atoms with Crippen molar-refractivity contribution in [3.05, 3.63) is 35.9 Å². The van der Waals surface area contributed by atoms with Gasteiger partial charge in [-0.15, -0.1) is 0 Å². The molecule has 0 aromatic carbocycles. The number of hydrogen-bond donors (Lipinski definition) is 1. The Balaban J connectivity index is 2.08. The second-order valence-electron chi connectivity index (χ2n) is 4.89. The summed E-state index contributed by atoms with van der Waals surface area (Å²) in [4.78, 5) is 26.8. The first-order valence-corrected chi connectivity index (χ1v) is 6.39. The third-order valence-corrected chi connectivity index (χ3v) is 3.69. The molecule has 1 aliphatic carbocycles. The van der Waals surface area contributed by atoms with E-state index in [4.69, 9.17) is 0 Å². The van der Waals surface area contributed by atoms with Crippen LogP contribution in [-0.2, 0) is 4.79 Å². The Morgan fingerprint density at radius 3 is 2.74 bits per heavy atom. The number of nitrogens with zero attached hydrogens (tertiary/aromatic N) is 2. The summed E-state index contributed by atoms with van der Waals surface area (Å²) >= 11 is 0. The van der Waals surface area contributed by atoms with Gasteiger partial charge < -0.3 is 9.51 Å². The van der Waals surface area contributed by atoms with Gasteiger partial charge in [0.15, 0.2) is 5.69 Å². The third-order valence-electron chi connectivity index (χ3n) is 3.69. The number of rotatable bonds is 2. The van der Waals surface area contributed by atoms with Crippen molar-refractivity contribution in [2.24, 2.45) is 0 Å². The Labute approximate surface area is 109 Å². The second kappa shape index (κ2) is 4.50. The number of carboxylic acid groups (broad SMARTS) is 1. The molecule has 2 aromatic heterocycles. The molecule has 5 nitrogen and oxygen atoms in total. The fraction of sp³-hybridized carbons (Fsp3) is 0.357. The maximum Gasteiger partial charge on any atom is 0.356 e. The molecule has 1 saturated carbocycles. The maximum atomic E-state index is 11.3. The van der Waals surface area contributed by atoms with Crippen LogP contribution in [0.25, 0.3) is 5.52 Å². The number of fused-ring (bicyclic) bond motifs is 1. The van der Waals surface area contributed by atoms with Gasteiger partial charge in [0.1, 0.15) is 11.6 Å². The van der Waals surface area contributed by atoms with Gasteiger partial charge in [0.05, 0.1) is 5.52 Å². The van der Waals surface area contributed by atoms with Gasteiger partial charge in [0.25, 0.3) is 0 Å². The van der Waals surface area contributed by atoms with Gasteiger partial charge in [-0.05, 0) is 25.0 Å². The first-order chi connectivity index (χ1) is 9.16. The zero-order chi connectivity index (χ0) is 13.4. The molecule has 0 spiro atoms. The van der Waals surface area contributed by atoms with Crippen LogP contribution in [0.1, 0.15) is 47.9 Å². The van der Waals surface area contributed by atoms with Crippen LogP contribution in [0.3, 0.4) is 0 Å². The molecule has 3 rings (SSSR count). The Hall–Kier alpha value is -2.17. The van der Waals surface area contributed by atoms with Crippen LogP contribution in [0.2, 0.25) is 0 Å². The smallest absolute Gasteiger partial charge is 0.356 e. The van der Waals surface area contributed by atoms with Gasteiger partial charge in [-0.25, -0.2) is 9.78 Å². The van der Waals surface area contributed by atoms with Crippen molar-refractivity contribution >= 4 is 17.3 Å². The molecule has 2 aromatic rings. The largest absolute Gasteiger partial charge is 0.476 e. The van der Waals surface area contributed by atoms with Gasteiger partial charge in [0.2, 0.25) is 0 Å². The SMILES string of the molecule is O=C1CCC(c2nc(C(=O)O)c3ccccn23)CC1. The van der Waals surface area contributed by atoms with Crippen molar-refractivity contribution in [1.29, 1.82) is 0 Å². The first kappa shape index (κ1) is 11.9. The molecule has 19 heavy (non-hydrogen) atoms. The minimum absolute atomic E-state index is 0.0903. The summed E-state index contributed by atoms with van der Waals surface area (Å²) in [6.07, 6.45) is 4.47. The molecule has 0 bridgehead atoms. The highest BCUT2D eigenvalue weighted by molar-refractivity contribution is 5.93. The summed E-state index contributed by atoms with van der Waals surface area (Å²) in [6, 6.07) is 5.42.